The molecule has 3 rings (SSSR count). The van der Waals surface area contributed by atoms with Gasteiger partial charge in [0.25, 0.3) is 5.91 Å². The normalized spacial score (nSPS) is 22.2. The van der Waals surface area contributed by atoms with Crippen LogP contribution in [0.3, 0.4) is 0 Å². The van der Waals surface area contributed by atoms with Gasteiger partial charge in [-0.1, -0.05) is 25.0 Å². The number of nitrogens with one attached hydrogen (secondary N) is 2. The fourth-order valence-corrected chi connectivity index (χ4v) is 4.19. The van der Waals surface area contributed by atoms with E-state index < -0.39 is 5.60 Å². The summed E-state index contributed by atoms with van der Waals surface area (Å²) < 4.78 is 18.9. The Balaban J connectivity index is 1.72. The maximum Gasteiger partial charge on any atom is 0.252 e. The number of halogens is 1. The quantitative estimate of drug-likeness (QED) is 0.870. The number of carbonyl (C=O) groups is 1. The number of benzene rings is 1. The van der Waals surface area contributed by atoms with Crippen LogP contribution in [0.4, 0.5) is 4.39 Å². The van der Waals surface area contributed by atoms with Crippen LogP contribution in [-0.4, -0.2) is 38.3 Å². The predicted molar refractivity (Wildman–Crippen MR) is 91.4 cm³/mol. The highest BCUT2D eigenvalue weighted by Gasteiger charge is 2.42. The van der Waals surface area contributed by atoms with Gasteiger partial charge in [-0.25, -0.2) is 4.39 Å². The average Bonchev–Trinajstić information content (AvgIpc) is 3.11. The molecule has 0 unspecified atom stereocenters. The van der Waals surface area contributed by atoms with Crippen LogP contribution in [0.2, 0.25) is 0 Å². The Morgan fingerprint density at radius 1 is 1.17 bits per heavy atom. The molecule has 0 bridgehead atoms. The van der Waals surface area contributed by atoms with Gasteiger partial charge in [-0.3, -0.25) is 4.79 Å². The van der Waals surface area contributed by atoms with Gasteiger partial charge in [0.2, 0.25) is 0 Å². The first-order chi connectivity index (χ1) is 11.6. The molecule has 0 spiro atoms. The van der Waals surface area contributed by atoms with E-state index in [0.717, 1.165) is 44.3 Å². The summed E-state index contributed by atoms with van der Waals surface area (Å²) in [5.74, 6) is -0.233. The molecule has 1 heterocycles. The van der Waals surface area contributed by atoms with Crippen LogP contribution in [0.5, 0.6) is 0 Å². The fraction of sp³-hybridized carbons (Fsp3) is 0.632. The van der Waals surface area contributed by atoms with Crippen LogP contribution < -0.4 is 10.6 Å². The highest BCUT2D eigenvalue weighted by molar-refractivity contribution is 5.85. The van der Waals surface area contributed by atoms with Crippen LogP contribution in [0, 0.1) is 5.82 Å². The molecule has 5 heteroatoms. The van der Waals surface area contributed by atoms with E-state index in [0.29, 0.717) is 19.4 Å². The first-order valence-corrected chi connectivity index (χ1v) is 8.91. The summed E-state index contributed by atoms with van der Waals surface area (Å²) in [6.07, 6.45) is 5.73. The number of methoxy groups -OCH3 is 1. The van der Waals surface area contributed by atoms with Gasteiger partial charge in [0.1, 0.15) is 11.4 Å². The molecule has 2 aliphatic rings. The van der Waals surface area contributed by atoms with Gasteiger partial charge >= 0.3 is 0 Å². The summed E-state index contributed by atoms with van der Waals surface area (Å²) in [6, 6.07) is 6.76. The Labute approximate surface area is 143 Å². The Bertz CT molecular complexity index is 561. The van der Waals surface area contributed by atoms with Crippen molar-refractivity contribution in [3.8, 4) is 0 Å². The third-order valence-corrected chi connectivity index (χ3v) is 5.82. The summed E-state index contributed by atoms with van der Waals surface area (Å²) in [5.41, 5.74) is 0.331. The number of rotatable bonds is 5. The first-order valence-electron chi connectivity index (χ1n) is 8.91. The predicted octanol–water partition coefficient (Wildman–Crippen LogP) is 2.52. The van der Waals surface area contributed by atoms with Crippen molar-refractivity contribution in [2.24, 2.45) is 0 Å². The summed E-state index contributed by atoms with van der Waals surface area (Å²) in [4.78, 5) is 12.8. The van der Waals surface area contributed by atoms with E-state index in [1.54, 1.807) is 7.11 Å². The lowest BCUT2D eigenvalue weighted by Gasteiger charge is -2.37. The van der Waals surface area contributed by atoms with Gasteiger partial charge in [-0.05, 0) is 56.5 Å². The van der Waals surface area contributed by atoms with Crippen LogP contribution in [0.25, 0.3) is 0 Å². The Morgan fingerprint density at radius 2 is 1.79 bits per heavy atom. The third kappa shape index (κ3) is 3.33. The molecule has 0 atom stereocenters. The molecule has 1 saturated carbocycles. The molecule has 132 valence electrons. The topological polar surface area (TPSA) is 50.4 Å². The highest BCUT2D eigenvalue weighted by Crippen LogP contribution is 2.40. The van der Waals surface area contributed by atoms with Crippen molar-refractivity contribution in [3.05, 3.63) is 35.6 Å². The van der Waals surface area contributed by atoms with Crippen molar-refractivity contribution in [2.45, 2.75) is 49.5 Å². The molecule has 0 aromatic heterocycles. The minimum absolute atomic E-state index is 0.0140. The van der Waals surface area contributed by atoms with Gasteiger partial charge in [-0.15, -0.1) is 0 Å². The maximum absolute atomic E-state index is 13.3. The molecule has 2 N–H and O–H groups in total. The SMILES string of the molecule is COC1(C(=O)NCC2(c3ccc(F)cc3)CCCC2)CCNCC1. The lowest BCUT2D eigenvalue weighted by Crippen LogP contribution is -2.55. The minimum Gasteiger partial charge on any atom is -0.368 e. The van der Waals surface area contributed by atoms with E-state index in [4.69, 9.17) is 4.74 Å². The van der Waals surface area contributed by atoms with Crippen molar-refractivity contribution >= 4 is 5.91 Å². The van der Waals surface area contributed by atoms with E-state index in [1.807, 2.05) is 12.1 Å². The number of ether oxygens (including phenoxy) is 1. The number of hydrogen-bond acceptors (Lipinski definition) is 3. The molecule has 1 aliphatic carbocycles. The number of hydrogen-bond donors (Lipinski definition) is 2. The van der Waals surface area contributed by atoms with Gasteiger partial charge in [0.05, 0.1) is 0 Å². The molecule has 0 radical (unpaired) electrons. The van der Waals surface area contributed by atoms with Crippen molar-refractivity contribution < 1.29 is 13.9 Å². The molecular weight excluding hydrogens is 307 g/mol. The number of amides is 1. The monoisotopic (exact) mass is 334 g/mol. The molecule has 1 saturated heterocycles. The zero-order valence-corrected chi connectivity index (χ0v) is 14.4. The molecule has 1 aliphatic heterocycles. The molecule has 4 nitrogen and oxygen atoms in total. The smallest absolute Gasteiger partial charge is 0.252 e. The first kappa shape index (κ1) is 17.4. The van der Waals surface area contributed by atoms with Crippen molar-refractivity contribution in [2.75, 3.05) is 26.7 Å². The average molecular weight is 334 g/mol. The second kappa shape index (κ2) is 7.19. The fourth-order valence-electron chi connectivity index (χ4n) is 4.19. The Kier molecular flexibility index (Phi) is 5.21. The lowest BCUT2D eigenvalue weighted by molar-refractivity contribution is -0.147. The summed E-state index contributed by atoms with van der Waals surface area (Å²) in [6.45, 7) is 2.19. The van der Waals surface area contributed by atoms with E-state index >= 15 is 0 Å². The van der Waals surface area contributed by atoms with E-state index in [-0.39, 0.29) is 17.1 Å². The Morgan fingerprint density at radius 3 is 2.38 bits per heavy atom. The van der Waals surface area contributed by atoms with E-state index in [2.05, 4.69) is 10.6 Å². The Hall–Kier alpha value is -1.46. The third-order valence-electron chi connectivity index (χ3n) is 5.82. The van der Waals surface area contributed by atoms with Crippen molar-refractivity contribution in [1.29, 1.82) is 0 Å². The summed E-state index contributed by atoms with van der Waals surface area (Å²) in [5, 5.41) is 6.42. The molecule has 1 aromatic carbocycles. The second-order valence-electron chi connectivity index (χ2n) is 7.13. The van der Waals surface area contributed by atoms with Crippen molar-refractivity contribution in [3.63, 3.8) is 0 Å². The van der Waals surface area contributed by atoms with Crippen LogP contribution in [0.15, 0.2) is 24.3 Å². The maximum atomic E-state index is 13.3. The largest absolute Gasteiger partial charge is 0.368 e. The second-order valence-corrected chi connectivity index (χ2v) is 7.13. The van der Waals surface area contributed by atoms with Gasteiger partial charge in [-0.2, -0.15) is 0 Å². The summed E-state index contributed by atoms with van der Waals surface area (Å²) in [7, 11) is 1.62. The van der Waals surface area contributed by atoms with Crippen LogP contribution >= 0.6 is 0 Å². The minimum atomic E-state index is -0.714. The van der Waals surface area contributed by atoms with E-state index in [1.165, 1.54) is 12.1 Å². The van der Waals surface area contributed by atoms with Crippen molar-refractivity contribution in [1.82, 2.24) is 10.6 Å². The zero-order chi connectivity index (χ0) is 17.0. The lowest BCUT2D eigenvalue weighted by atomic mass is 9.78. The molecule has 1 amide bonds. The highest BCUT2D eigenvalue weighted by atomic mass is 19.1. The van der Waals surface area contributed by atoms with Gasteiger partial charge in [0.15, 0.2) is 0 Å². The van der Waals surface area contributed by atoms with E-state index in [9.17, 15) is 9.18 Å². The number of piperidine rings is 1. The van der Waals surface area contributed by atoms with Crippen LogP contribution in [0.1, 0.15) is 44.1 Å². The molecule has 2 fully saturated rings. The molecule has 24 heavy (non-hydrogen) atoms. The van der Waals surface area contributed by atoms with Gasteiger partial charge < -0.3 is 15.4 Å². The summed E-state index contributed by atoms with van der Waals surface area (Å²) >= 11 is 0. The molecule has 1 aromatic rings. The zero-order valence-electron chi connectivity index (χ0n) is 14.4. The number of carbonyl (C=O) groups excluding carboxylic acids is 1. The molecular formula is C19H27FN2O2. The standard InChI is InChI=1S/C19H27FN2O2/c1-24-19(10-12-21-13-11-19)17(23)22-14-18(8-2-3-9-18)15-4-6-16(20)7-5-15/h4-7,21H,2-3,8-14H2,1H3,(H,22,23). The van der Waals surface area contributed by atoms with Gasteiger partial charge in [0, 0.05) is 19.1 Å². The van der Waals surface area contributed by atoms with Crippen LogP contribution in [-0.2, 0) is 14.9 Å².